The van der Waals surface area contributed by atoms with Crippen LogP contribution in [0.5, 0.6) is 0 Å². The van der Waals surface area contributed by atoms with Gasteiger partial charge in [0.05, 0.1) is 26.2 Å². The first-order valence-corrected chi connectivity index (χ1v) is 6.85. The van der Waals surface area contributed by atoms with Crippen LogP contribution in [0.3, 0.4) is 0 Å². The summed E-state index contributed by atoms with van der Waals surface area (Å²) in [5, 5.41) is 0. The molecule has 6 heteroatoms. The maximum atomic E-state index is 11.3. The van der Waals surface area contributed by atoms with Gasteiger partial charge < -0.3 is 14.4 Å². The highest BCUT2D eigenvalue weighted by molar-refractivity contribution is 5.69. The fourth-order valence-corrected chi connectivity index (χ4v) is 2.17. The number of hydrogen-bond donors (Lipinski definition) is 0. The van der Waals surface area contributed by atoms with E-state index in [0.29, 0.717) is 19.1 Å². The van der Waals surface area contributed by atoms with E-state index in [9.17, 15) is 4.79 Å². The molecule has 0 aromatic carbocycles. The molecule has 20 heavy (non-hydrogen) atoms. The standard InChI is InChI=1S/C14H21N3O3/c1-10(2)12-7-13(16-9-15-12)17-4-5-20-11(8-17)6-14(18)19-3/h7,9-11H,4-6,8H2,1-3H3. The lowest BCUT2D eigenvalue weighted by Gasteiger charge is -2.33. The summed E-state index contributed by atoms with van der Waals surface area (Å²) in [6.07, 6.45) is 1.72. The van der Waals surface area contributed by atoms with Crippen molar-refractivity contribution in [2.24, 2.45) is 0 Å². The van der Waals surface area contributed by atoms with E-state index in [0.717, 1.165) is 18.1 Å². The highest BCUT2D eigenvalue weighted by atomic mass is 16.5. The molecule has 1 aromatic heterocycles. The van der Waals surface area contributed by atoms with Crippen molar-refractivity contribution in [2.45, 2.75) is 32.3 Å². The maximum Gasteiger partial charge on any atom is 0.308 e. The van der Waals surface area contributed by atoms with Crippen molar-refractivity contribution >= 4 is 11.8 Å². The molecule has 1 aromatic rings. The van der Waals surface area contributed by atoms with Crippen molar-refractivity contribution < 1.29 is 14.3 Å². The van der Waals surface area contributed by atoms with Gasteiger partial charge in [-0.2, -0.15) is 0 Å². The summed E-state index contributed by atoms with van der Waals surface area (Å²) >= 11 is 0. The third kappa shape index (κ3) is 3.66. The molecule has 0 N–H and O–H groups in total. The van der Waals surface area contributed by atoms with Gasteiger partial charge in [-0.15, -0.1) is 0 Å². The van der Waals surface area contributed by atoms with Crippen molar-refractivity contribution in [1.82, 2.24) is 9.97 Å². The van der Waals surface area contributed by atoms with Gasteiger partial charge in [-0.1, -0.05) is 13.8 Å². The fraction of sp³-hybridized carbons (Fsp3) is 0.643. The molecule has 1 aliphatic rings. The van der Waals surface area contributed by atoms with Crippen LogP contribution in [0.4, 0.5) is 5.82 Å². The van der Waals surface area contributed by atoms with Crippen LogP contribution in [0.25, 0.3) is 0 Å². The average Bonchev–Trinajstić information content (AvgIpc) is 2.47. The Labute approximate surface area is 119 Å². The molecule has 1 aliphatic heterocycles. The van der Waals surface area contributed by atoms with Crippen LogP contribution in [-0.2, 0) is 14.3 Å². The van der Waals surface area contributed by atoms with Crippen molar-refractivity contribution in [2.75, 3.05) is 31.7 Å². The molecule has 2 rings (SSSR count). The number of hydrogen-bond acceptors (Lipinski definition) is 6. The number of methoxy groups -OCH3 is 1. The molecule has 1 saturated heterocycles. The van der Waals surface area contributed by atoms with Crippen LogP contribution in [-0.4, -0.2) is 48.8 Å². The Morgan fingerprint density at radius 1 is 1.55 bits per heavy atom. The van der Waals surface area contributed by atoms with Crippen LogP contribution in [0.1, 0.15) is 31.9 Å². The highest BCUT2D eigenvalue weighted by Crippen LogP contribution is 2.20. The summed E-state index contributed by atoms with van der Waals surface area (Å²) in [7, 11) is 1.39. The number of aromatic nitrogens is 2. The van der Waals surface area contributed by atoms with E-state index in [1.165, 1.54) is 7.11 Å². The number of carbonyl (C=O) groups excluding carboxylic acids is 1. The van der Waals surface area contributed by atoms with Gasteiger partial charge in [-0.25, -0.2) is 9.97 Å². The summed E-state index contributed by atoms with van der Waals surface area (Å²) in [6, 6.07) is 2.01. The Balaban J connectivity index is 2.05. The van der Waals surface area contributed by atoms with E-state index in [4.69, 9.17) is 4.74 Å². The summed E-state index contributed by atoms with van der Waals surface area (Å²) in [6.45, 7) is 6.20. The lowest BCUT2D eigenvalue weighted by molar-refractivity contribution is -0.144. The normalized spacial score (nSPS) is 19.2. The summed E-state index contributed by atoms with van der Waals surface area (Å²) < 4.78 is 10.3. The van der Waals surface area contributed by atoms with E-state index in [-0.39, 0.29) is 18.5 Å². The van der Waals surface area contributed by atoms with Crippen LogP contribution < -0.4 is 4.90 Å². The van der Waals surface area contributed by atoms with Crippen LogP contribution >= 0.6 is 0 Å². The van der Waals surface area contributed by atoms with E-state index in [1.54, 1.807) is 6.33 Å². The number of esters is 1. The van der Waals surface area contributed by atoms with Gasteiger partial charge >= 0.3 is 5.97 Å². The zero-order valence-corrected chi connectivity index (χ0v) is 12.2. The first kappa shape index (κ1) is 14.7. The molecule has 2 heterocycles. The van der Waals surface area contributed by atoms with Crippen LogP contribution in [0.2, 0.25) is 0 Å². The largest absolute Gasteiger partial charge is 0.469 e. The highest BCUT2D eigenvalue weighted by Gasteiger charge is 2.24. The molecule has 6 nitrogen and oxygen atoms in total. The third-order valence-electron chi connectivity index (χ3n) is 3.35. The van der Waals surface area contributed by atoms with Crippen molar-refractivity contribution in [3.63, 3.8) is 0 Å². The van der Waals surface area contributed by atoms with Gasteiger partial charge in [0.2, 0.25) is 0 Å². The molecule has 0 aliphatic carbocycles. The lowest BCUT2D eigenvalue weighted by atomic mass is 10.1. The molecule has 0 amide bonds. The SMILES string of the molecule is COC(=O)CC1CN(c2cc(C(C)C)ncn2)CCO1. The average molecular weight is 279 g/mol. The van der Waals surface area contributed by atoms with Gasteiger partial charge in [0.1, 0.15) is 12.1 Å². The second kappa shape index (κ2) is 6.65. The Morgan fingerprint density at radius 2 is 2.35 bits per heavy atom. The minimum absolute atomic E-state index is 0.145. The van der Waals surface area contributed by atoms with Gasteiger partial charge in [-0.3, -0.25) is 4.79 Å². The van der Waals surface area contributed by atoms with Gasteiger partial charge in [-0.05, 0) is 5.92 Å². The molecule has 1 unspecified atom stereocenters. The number of carbonyl (C=O) groups is 1. The predicted molar refractivity (Wildman–Crippen MR) is 74.7 cm³/mol. The quantitative estimate of drug-likeness (QED) is 0.776. The number of morpholine rings is 1. The van der Waals surface area contributed by atoms with E-state index < -0.39 is 0 Å². The Hall–Kier alpha value is -1.69. The first-order valence-electron chi connectivity index (χ1n) is 6.85. The number of nitrogens with zero attached hydrogens (tertiary/aromatic N) is 3. The van der Waals surface area contributed by atoms with Crippen molar-refractivity contribution in [1.29, 1.82) is 0 Å². The minimum atomic E-state index is -0.248. The second-order valence-electron chi connectivity index (χ2n) is 5.17. The molecule has 0 saturated carbocycles. The Morgan fingerprint density at radius 3 is 3.05 bits per heavy atom. The number of anilines is 1. The van der Waals surface area contributed by atoms with Gasteiger partial charge in [0, 0.05) is 24.8 Å². The Bertz CT molecular complexity index is 465. The smallest absolute Gasteiger partial charge is 0.308 e. The Kier molecular flexibility index (Phi) is 4.89. The van der Waals surface area contributed by atoms with E-state index in [2.05, 4.69) is 33.5 Å². The summed E-state index contributed by atoms with van der Waals surface area (Å²) in [4.78, 5) is 22.0. The van der Waals surface area contributed by atoms with Gasteiger partial charge in [0.15, 0.2) is 0 Å². The topological polar surface area (TPSA) is 64.5 Å². The van der Waals surface area contributed by atoms with Crippen LogP contribution in [0.15, 0.2) is 12.4 Å². The molecule has 0 radical (unpaired) electrons. The monoisotopic (exact) mass is 279 g/mol. The molecule has 1 fully saturated rings. The zero-order valence-electron chi connectivity index (χ0n) is 12.2. The fourth-order valence-electron chi connectivity index (χ4n) is 2.17. The molecule has 0 spiro atoms. The second-order valence-corrected chi connectivity index (χ2v) is 5.17. The summed E-state index contributed by atoms with van der Waals surface area (Å²) in [5.41, 5.74) is 1.02. The third-order valence-corrected chi connectivity index (χ3v) is 3.35. The predicted octanol–water partition coefficient (Wildman–Crippen LogP) is 1.37. The minimum Gasteiger partial charge on any atom is -0.469 e. The molecule has 1 atom stereocenters. The maximum absolute atomic E-state index is 11.3. The lowest BCUT2D eigenvalue weighted by Crippen LogP contribution is -2.43. The van der Waals surface area contributed by atoms with Crippen molar-refractivity contribution in [3.8, 4) is 0 Å². The number of rotatable bonds is 4. The molecule has 0 bridgehead atoms. The summed E-state index contributed by atoms with van der Waals surface area (Å²) in [5.74, 6) is 1.01. The number of ether oxygens (including phenoxy) is 2. The molecular weight excluding hydrogens is 258 g/mol. The molecule has 110 valence electrons. The van der Waals surface area contributed by atoms with Gasteiger partial charge in [0.25, 0.3) is 0 Å². The van der Waals surface area contributed by atoms with Crippen LogP contribution in [0, 0.1) is 0 Å². The van der Waals surface area contributed by atoms with Crippen molar-refractivity contribution in [3.05, 3.63) is 18.1 Å². The van der Waals surface area contributed by atoms with E-state index in [1.807, 2.05) is 6.07 Å². The van der Waals surface area contributed by atoms with E-state index >= 15 is 0 Å². The zero-order chi connectivity index (χ0) is 14.5. The molecular formula is C14H21N3O3. The first-order chi connectivity index (χ1) is 9.60.